The van der Waals surface area contributed by atoms with Crippen molar-refractivity contribution >= 4 is 0 Å². The minimum Gasteiger partial charge on any atom is -0.258 e. The van der Waals surface area contributed by atoms with Crippen LogP contribution in [0.2, 0.25) is 0 Å². The van der Waals surface area contributed by atoms with Gasteiger partial charge >= 0.3 is 0 Å². The Hall–Kier alpha value is -2.48. The maximum Gasteiger partial charge on any atom is 0.0706 e. The zero-order valence-electron chi connectivity index (χ0n) is 15.0. The Morgan fingerprint density at radius 1 is 0.840 bits per heavy atom. The monoisotopic (exact) mass is 328 g/mol. The predicted octanol–water partition coefficient (Wildman–Crippen LogP) is 6.09. The van der Waals surface area contributed by atoms with Crippen LogP contribution in [0, 0.1) is 13.8 Å². The lowest BCUT2D eigenvalue weighted by atomic mass is 9.89. The van der Waals surface area contributed by atoms with E-state index in [-0.39, 0.29) is 0 Å². The highest BCUT2D eigenvalue weighted by atomic mass is 14.7. The van der Waals surface area contributed by atoms with E-state index in [4.69, 9.17) is 4.98 Å². The van der Waals surface area contributed by atoms with Crippen LogP contribution >= 0.6 is 0 Å². The lowest BCUT2D eigenvalue weighted by molar-refractivity contribution is 0.724. The Bertz CT molecular complexity index is 858. The molecular formula is C23H24N2. The third kappa shape index (κ3) is 3.34. The first kappa shape index (κ1) is 16.0. The molecule has 2 heterocycles. The van der Waals surface area contributed by atoms with Crippen molar-refractivity contribution in [2.45, 2.75) is 45.4 Å². The van der Waals surface area contributed by atoms with Gasteiger partial charge in [-0.15, -0.1) is 0 Å². The summed E-state index contributed by atoms with van der Waals surface area (Å²) in [6, 6.07) is 17.3. The van der Waals surface area contributed by atoms with Crippen LogP contribution in [0.5, 0.6) is 0 Å². The van der Waals surface area contributed by atoms with Crippen LogP contribution in [0.1, 0.15) is 48.6 Å². The molecule has 2 heteroatoms. The molecule has 0 bridgehead atoms. The number of aromatic nitrogens is 2. The molecule has 0 spiro atoms. The van der Waals surface area contributed by atoms with Crippen LogP contribution < -0.4 is 0 Å². The Balaban J connectivity index is 1.84. The van der Waals surface area contributed by atoms with Crippen LogP contribution in [0.3, 0.4) is 0 Å². The normalized spacial score (nSPS) is 14.8. The lowest BCUT2D eigenvalue weighted by Gasteiger charge is -2.17. The molecule has 0 atom stereocenters. The molecule has 3 aromatic rings. The summed E-state index contributed by atoms with van der Waals surface area (Å²) in [6.07, 6.45) is 7.33. The van der Waals surface area contributed by atoms with Gasteiger partial charge in [-0.25, -0.2) is 0 Å². The van der Waals surface area contributed by atoms with E-state index in [9.17, 15) is 0 Å². The number of hydrogen-bond acceptors (Lipinski definition) is 2. The summed E-state index contributed by atoms with van der Waals surface area (Å²) in [5, 5.41) is 0. The van der Waals surface area contributed by atoms with Gasteiger partial charge in [0.05, 0.1) is 5.69 Å². The Morgan fingerprint density at radius 2 is 1.52 bits per heavy atom. The van der Waals surface area contributed by atoms with Gasteiger partial charge in [0.15, 0.2) is 0 Å². The van der Waals surface area contributed by atoms with Crippen molar-refractivity contribution in [3.63, 3.8) is 0 Å². The van der Waals surface area contributed by atoms with Gasteiger partial charge in [-0.05, 0) is 61.9 Å². The highest BCUT2D eigenvalue weighted by Crippen LogP contribution is 2.40. The van der Waals surface area contributed by atoms with Crippen molar-refractivity contribution in [1.82, 2.24) is 9.97 Å². The second kappa shape index (κ2) is 6.79. The maximum atomic E-state index is 4.81. The van der Waals surface area contributed by atoms with Crippen LogP contribution in [-0.2, 0) is 0 Å². The maximum absolute atomic E-state index is 4.81. The highest BCUT2D eigenvalue weighted by molar-refractivity contribution is 5.71. The quantitative estimate of drug-likeness (QED) is 0.582. The van der Waals surface area contributed by atoms with Gasteiger partial charge in [0, 0.05) is 28.7 Å². The molecule has 126 valence electrons. The smallest absolute Gasteiger partial charge is 0.0706 e. The third-order valence-electron chi connectivity index (χ3n) is 5.19. The molecular weight excluding hydrogens is 304 g/mol. The summed E-state index contributed by atoms with van der Waals surface area (Å²) in [5.41, 5.74) is 8.35. The van der Waals surface area contributed by atoms with Crippen molar-refractivity contribution in [3.8, 4) is 22.4 Å². The van der Waals surface area contributed by atoms with Gasteiger partial charge < -0.3 is 0 Å². The van der Waals surface area contributed by atoms with Crippen molar-refractivity contribution in [1.29, 1.82) is 0 Å². The van der Waals surface area contributed by atoms with E-state index < -0.39 is 0 Å². The second-order valence-corrected chi connectivity index (χ2v) is 7.14. The average Bonchev–Trinajstić information content (AvgIpc) is 3.16. The predicted molar refractivity (Wildman–Crippen MR) is 104 cm³/mol. The van der Waals surface area contributed by atoms with Crippen LogP contribution in [0.15, 0.2) is 54.7 Å². The summed E-state index contributed by atoms with van der Waals surface area (Å²) in [6.45, 7) is 4.10. The topological polar surface area (TPSA) is 25.8 Å². The second-order valence-electron chi connectivity index (χ2n) is 7.14. The molecule has 1 saturated carbocycles. The number of nitrogens with zero attached hydrogens (tertiary/aromatic N) is 2. The van der Waals surface area contributed by atoms with Crippen LogP contribution in [0.4, 0.5) is 0 Å². The molecule has 4 rings (SSSR count). The van der Waals surface area contributed by atoms with E-state index in [0.29, 0.717) is 5.92 Å². The average molecular weight is 328 g/mol. The number of benzene rings is 1. The largest absolute Gasteiger partial charge is 0.258 e. The molecule has 1 fully saturated rings. The molecule has 2 nitrogen and oxygen atoms in total. The number of rotatable bonds is 3. The first-order valence-electron chi connectivity index (χ1n) is 9.22. The fraction of sp³-hybridized carbons (Fsp3) is 0.304. The van der Waals surface area contributed by atoms with E-state index in [1.165, 1.54) is 47.9 Å². The van der Waals surface area contributed by atoms with Crippen molar-refractivity contribution in [2.75, 3.05) is 0 Å². The molecule has 1 aliphatic carbocycles. The van der Waals surface area contributed by atoms with E-state index in [2.05, 4.69) is 59.7 Å². The van der Waals surface area contributed by atoms with Gasteiger partial charge in [-0.3, -0.25) is 9.97 Å². The minimum absolute atomic E-state index is 0.654. The summed E-state index contributed by atoms with van der Waals surface area (Å²) < 4.78 is 0. The van der Waals surface area contributed by atoms with Crippen molar-refractivity contribution < 1.29 is 0 Å². The van der Waals surface area contributed by atoms with Crippen molar-refractivity contribution in [2.24, 2.45) is 0 Å². The Labute approximate surface area is 150 Å². The minimum atomic E-state index is 0.654. The van der Waals surface area contributed by atoms with Gasteiger partial charge in [0.1, 0.15) is 0 Å². The Kier molecular flexibility index (Phi) is 4.35. The molecule has 0 amide bonds. The molecule has 0 radical (unpaired) electrons. The molecule has 1 aromatic carbocycles. The van der Waals surface area contributed by atoms with E-state index in [1.807, 2.05) is 13.8 Å². The molecule has 0 aliphatic heterocycles. The van der Waals surface area contributed by atoms with Gasteiger partial charge in [-0.2, -0.15) is 0 Å². The summed E-state index contributed by atoms with van der Waals surface area (Å²) in [5.74, 6) is 0.654. The zero-order chi connectivity index (χ0) is 17.2. The summed E-state index contributed by atoms with van der Waals surface area (Å²) in [4.78, 5) is 9.31. The van der Waals surface area contributed by atoms with E-state index in [1.54, 1.807) is 0 Å². The molecule has 1 aliphatic rings. The Morgan fingerprint density at radius 3 is 2.20 bits per heavy atom. The highest BCUT2D eigenvalue weighted by Gasteiger charge is 2.21. The molecule has 0 unspecified atom stereocenters. The fourth-order valence-electron chi connectivity index (χ4n) is 4.04. The first-order chi connectivity index (χ1) is 12.2. The number of aryl methyl sites for hydroxylation is 2. The molecule has 0 N–H and O–H groups in total. The summed E-state index contributed by atoms with van der Waals surface area (Å²) in [7, 11) is 0. The van der Waals surface area contributed by atoms with Crippen molar-refractivity contribution in [3.05, 3.63) is 71.7 Å². The van der Waals surface area contributed by atoms with Crippen LogP contribution in [0.25, 0.3) is 22.4 Å². The lowest BCUT2D eigenvalue weighted by Crippen LogP contribution is -1.99. The third-order valence-corrected chi connectivity index (χ3v) is 5.19. The first-order valence-corrected chi connectivity index (χ1v) is 9.22. The van der Waals surface area contributed by atoms with Gasteiger partial charge in [0.2, 0.25) is 0 Å². The van der Waals surface area contributed by atoms with E-state index >= 15 is 0 Å². The molecule has 2 aromatic heterocycles. The van der Waals surface area contributed by atoms with Gasteiger partial charge in [0.25, 0.3) is 0 Å². The number of hydrogen-bond donors (Lipinski definition) is 0. The summed E-state index contributed by atoms with van der Waals surface area (Å²) >= 11 is 0. The molecule has 25 heavy (non-hydrogen) atoms. The standard InChI is InChI=1S/C23H24N2/c1-16-12-20(13-17(2)25-16)23-14-21(18-10-6-7-11-18)22(15-24-23)19-8-4-3-5-9-19/h3-5,8-9,12-15,18H,6-7,10-11H2,1-2H3. The molecule has 0 saturated heterocycles. The van der Waals surface area contributed by atoms with Crippen LogP contribution in [-0.4, -0.2) is 9.97 Å². The zero-order valence-corrected chi connectivity index (χ0v) is 15.0. The SMILES string of the molecule is Cc1cc(-c2cc(C3CCCC3)c(-c3ccccc3)cn2)cc(C)n1. The van der Waals surface area contributed by atoms with E-state index in [0.717, 1.165) is 17.1 Å². The number of pyridine rings is 2. The fourth-order valence-corrected chi connectivity index (χ4v) is 4.04. The van der Waals surface area contributed by atoms with Gasteiger partial charge in [-0.1, -0.05) is 43.2 Å².